The van der Waals surface area contributed by atoms with E-state index >= 15 is 0 Å². The predicted octanol–water partition coefficient (Wildman–Crippen LogP) is 4.53. The third kappa shape index (κ3) is 5.01. The number of rotatable bonds is 7. The van der Waals surface area contributed by atoms with Crippen LogP contribution < -0.4 is 0 Å². The van der Waals surface area contributed by atoms with Gasteiger partial charge in [-0.2, -0.15) is 0 Å². The van der Waals surface area contributed by atoms with Crippen LogP contribution in [0.1, 0.15) is 79.6 Å². The van der Waals surface area contributed by atoms with Crippen molar-refractivity contribution in [1.29, 1.82) is 0 Å². The Morgan fingerprint density at radius 3 is 1.80 bits per heavy atom. The first-order valence-electron chi connectivity index (χ1n) is 6.59. The molecule has 0 radical (unpaired) electrons. The van der Waals surface area contributed by atoms with Crippen molar-refractivity contribution in [3.05, 3.63) is 0 Å². The van der Waals surface area contributed by atoms with Crippen LogP contribution in [0.4, 0.5) is 0 Å². The second-order valence-electron chi connectivity index (χ2n) is 5.84. The zero-order valence-corrected chi connectivity index (χ0v) is 11.4. The number of hydrogen-bond acceptors (Lipinski definition) is 1. The summed E-state index contributed by atoms with van der Waals surface area (Å²) in [4.78, 5) is 0. The van der Waals surface area contributed by atoms with Gasteiger partial charge in [0, 0.05) is 0 Å². The van der Waals surface area contributed by atoms with Crippen LogP contribution in [0.3, 0.4) is 0 Å². The molecule has 0 spiro atoms. The summed E-state index contributed by atoms with van der Waals surface area (Å²) in [5.74, 6) is 0. The molecule has 1 N–H and O–H groups in total. The Bertz CT molecular complexity index is 157. The van der Waals surface area contributed by atoms with Gasteiger partial charge in [-0.1, -0.05) is 66.7 Å². The molecule has 0 aromatic rings. The van der Waals surface area contributed by atoms with Gasteiger partial charge in [-0.3, -0.25) is 0 Å². The van der Waals surface area contributed by atoms with Crippen molar-refractivity contribution < 1.29 is 5.11 Å². The van der Waals surface area contributed by atoms with E-state index in [1.54, 1.807) is 0 Å². The fraction of sp³-hybridized carbons (Fsp3) is 1.00. The minimum Gasteiger partial charge on any atom is -0.389 e. The number of aliphatic hydroxyl groups is 1. The van der Waals surface area contributed by atoms with E-state index in [9.17, 15) is 5.11 Å². The molecule has 0 aromatic carbocycles. The van der Waals surface area contributed by atoms with Crippen LogP contribution in [0.25, 0.3) is 0 Å². The Hall–Kier alpha value is -0.0400. The van der Waals surface area contributed by atoms with Crippen molar-refractivity contribution in [2.75, 3.05) is 0 Å². The maximum Gasteiger partial charge on any atom is 0.0695 e. The maximum absolute atomic E-state index is 10.6. The predicted molar refractivity (Wildman–Crippen MR) is 68.1 cm³/mol. The average Bonchev–Trinajstić information content (AvgIpc) is 2.11. The monoisotopic (exact) mass is 214 g/mol. The van der Waals surface area contributed by atoms with Gasteiger partial charge in [-0.15, -0.1) is 0 Å². The summed E-state index contributed by atoms with van der Waals surface area (Å²) in [5.41, 5.74) is -0.454. The maximum atomic E-state index is 10.6. The molecule has 0 aliphatic rings. The molecule has 0 amide bonds. The fourth-order valence-corrected chi connectivity index (χ4v) is 2.13. The average molecular weight is 214 g/mol. The van der Waals surface area contributed by atoms with Gasteiger partial charge in [-0.25, -0.2) is 0 Å². The van der Waals surface area contributed by atoms with E-state index in [0.717, 1.165) is 19.3 Å². The van der Waals surface area contributed by atoms with E-state index in [1.807, 2.05) is 0 Å². The Morgan fingerprint density at radius 1 is 0.800 bits per heavy atom. The number of unbranched alkanes of at least 4 members (excludes halogenated alkanes) is 3. The highest BCUT2D eigenvalue weighted by molar-refractivity contribution is 4.89. The van der Waals surface area contributed by atoms with Crippen molar-refractivity contribution in [3.8, 4) is 0 Å². The van der Waals surface area contributed by atoms with E-state index in [2.05, 4.69) is 34.6 Å². The van der Waals surface area contributed by atoms with Gasteiger partial charge in [0.2, 0.25) is 0 Å². The summed E-state index contributed by atoms with van der Waals surface area (Å²) in [6.45, 7) is 10.8. The third-order valence-corrected chi connectivity index (χ3v) is 3.50. The van der Waals surface area contributed by atoms with Crippen molar-refractivity contribution in [2.24, 2.45) is 5.41 Å². The molecular weight excluding hydrogens is 184 g/mol. The zero-order valence-electron chi connectivity index (χ0n) is 11.4. The topological polar surface area (TPSA) is 20.2 Å². The quantitative estimate of drug-likeness (QED) is 0.617. The normalized spacial score (nSPS) is 16.4. The minimum atomic E-state index is -0.463. The van der Waals surface area contributed by atoms with Crippen molar-refractivity contribution in [2.45, 2.75) is 85.2 Å². The number of hydrogen-bond donors (Lipinski definition) is 1. The first kappa shape index (κ1) is 15.0. The summed E-state index contributed by atoms with van der Waals surface area (Å²) in [6, 6.07) is 0. The Morgan fingerprint density at radius 2 is 1.40 bits per heavy atom. The molecule has 0 saturated carbocycles. The van der Waals surface area contributed by atoms with Crippen LogP contribution in [0.15, 0.2) is 0 Å². The van der Waals surface area contributed by atoms with Crippen LogP contribution in [-0.2, 0) is 0 Å². The van der Waals surface area contributed by atoms with Gasteiger partial charge in [0.15, 0.2) is 0 Å². The van der Waals surface area contributed by atoms with Crippen LogP contribution >= 0.6 is 0 Å². The van der Waals surface area contributed by atoms with Crippen molar-refractivity contribution >= 4 is 0 Å². The van der Waals surface area contributed by atoms with Gasteiger partial charge in [0.1, 0.15) is 0 Å². The van der Waals surface area contributed by atoms with E-state index in [4.69, 9.17) is 0 Å². The summed E-state index contributed by atoms with van der Waals surface area (Å²) in [6.07, 6.45) is 7.96. The van der Waals surface area contributed by atoms with Crippen LogP contribution in [-0.4, -0.2) is 10.7 Å². The van der Waals surface area contributed by atoms with Crippen molar-refractivity contribution in [1.82, 2.24) is 0 Å². The summed E-state index contributed by atoms with van der Waals surface area (Å²) in [7, 11) is 0. The largest absolute Gasteiger partial charge is 0.389 e. The molecule has 1 heteroatoms. The Kier molecular flexibility index (Phi) is 6.51. The fourth-order valence-electron chi connectivity index (χ4n) is 2.13. The molecule has 0 heterocycles. The highest BCUT2D eigenvalue weighted by Gasteiger charge is 2.38. The molecule has 0 fully saturated rings. The molecule has 0 bridgehead atoms. The Balaban J connectivity index is 4.14. The van der Waals surface area contributed by atoms with Crippen LogP contribution in [0, 0.1) is 5.41 Å². The summed E-state index contributed by atoms with van der Waals surface area (Å²) >= 11 is 0. The minimum absolute atomic E-state index is 0.00915. The molecule has 0 saturated heterocycles. The molecule has 0 aliphatic carbocycles. The second kappa shape index (κ2) is 6.52. The van der Waals surface area contributed by atoms with E-state index in [1.165, 1.54) is 25.7 Å². The van der Waals surface area contributed by atoms with Gasteiger partial charge in [0.25, 0.3) is 0 Å². The lowest BCUT2D eigenvalue weighted by atomic mass is 9.71. The highest BCUT2D eigenvalue weighted by Crippen LogP contribution is 2.38. The summed E-state index contributed by atoms with van der Waals surface area (Å²) < 4.78 is 0. The van der Waals surface area contributed by atoms with Crippen LogP contribution in [0.2, 0.25) is 0 Å². The SMILES string of the molecule is CCCCCCC(O)(CCC)C(C)(C)C. The van der Waals surface area contributed by atoms with Crippen molar-refractivity contribution in [3.63, 3.8) is 0 Å². The first-order chi connectivity index (χ1) is 6.87. The van der Waals surface area contributed by atoms with Gasteiger partial charge in [-0.05, 0) is 18.3 Å². The molecule has 0 aromatic heterocycles. The van der Waals surface area contributed by atoms with E-state index in [0.29, 0.717) is 0 Å². The third-order valence-electron chi connectivity index (χ3n) is 3.50. The lowest BCUT2D eigenvalue weighted by Gasteiger charge is -2.40. The van der Waals surface area contributed by atoms with Gasteiger partial charge in [0.05, 0.1) is 5.60 Å². The van der Waals surface area contributed by atoms with Gasteiger partial charge < -0.3 is 5.11 Å². The first-order valence-corrected chi connectivity index (χ1v) is 6.59. The zero-order chi connectivity index (χ0) is 11.9. The summed E-state index contributed by atoms with van der Waals surface area (Å²) in [5, 5.41) is 10.6. The Labute approximate surface area is 96.3 Å². The lowest BCUT2D eigenvalue weighted by Crippen LogP contribution is -2.42. The smallest absolute Gasteiger partial charge is 0.0695 e. The molecule has 0 aliphatic heterocycles. The van der Waals surface area contributed by atoms with Crippen LogP contribution in [0.5, 0.6) is 0 Å². The highest BCUT2D eigenvalue weighted by atomic mass is 16.3. The van der Waals surface area contributed by atoms with E-state index in [-0.39, 0.29) is 5.41 Å². The van der Waals surface area contributed by atoms with Gasteiger partial charge >= 0.3 is 0 Å². The molecular formula is C14H30O. The molecule has 0 rings (SSSR count). The standard InChI is InChI=1S/C14H30O/c1-6-8-9-10-12-14(15,11-7-2)13(3,4)5/h15H,6-12H2,1-5H3. The molecule has 1 unspecified atom stereocenters. The van der Waals surface area contributed by atoms with E-state index < -0.39 is 5.60 Å². The molecule has 92 valence electrons. The second-order valence-corrected chi connectivity index (χ2v) is 5.84. The molecule has 1 nitrogen and oxygen atoms in total. The molecule has 15 heavy (non-hydrogen) atoms. The molecule has 1 atom stereocenters. The lowest BCUT2D eigenvalue weighted by molar-refractivity contribution is -0.0731.